The van der Waals surface area contributed by atoms with E-state index in [1.165, 1.54) is 6.07 Å². The van der Waals surface area contributed by atoms with E-state index in [2.05, 4.69) is 26.9 Å². The average Bonchev–Trinajstić information content (AvgIpc) is 3.29. The molecule has 11 nitrogen and oxygen atoms in total. The fourth-order valence-electron chi connectivity index (χ4n) is 7.81. The van der Waals surface area contributed by atoms with Crippen LogP contribution in [0.15, 0.2) is 35.5 Å². The summed E-state index contributed by atoms with van der Waals surface area (Å²) in [6.45, 7) is 16.7. The highest BCUT2D eigenvalue weighted by Gasteiger charge is 2.57. The zero-order chi connectivity index (χ0) is 33.4. The van der Waals surface area contributed by atoms with Crippen molar-refractivity contribution in [1.29, 1.82) is 0 Å². The largest absolute Gasteiger partial charge is 0.444 e. The Morgan fingerprint density at radius 3 is 2.43 bits per heavy atom. The maximum atomic E-state index is 14.9. The summed E-state index contributed by atoms with van der Waals surface area (Å²) in [7, 11) is 0. The van der Waals surface area contributed by atoms with Crippen molar-refractivity contribution in [2.24, 2.45) is 10.5 Å². The van der Waals surface area contributed by atoms with Gasteiger partial charge in [-0.1, -0.05) is 18.7 Å². The fourth-order valence-corrected chi connectivity index (χ4v) is 7.81. The number of ether oxygens (including phenoxy) is 2. The number of piperazine rings is 2. The molecular weight excluding hydrogens is 603 g/mol. The molecule has 2 bridgehead atoms. The Labute approximate surface area is 277 Å². The van der Waals surface area contributed by atoms with E-state index >= 15 is 0 Å². The van der Waals surface area contributed by atoms with Crippen LogP contribution in [-0.4, -0.2) is 120 Å². The predicted molar refractivity (Wildman–Crippen MR) is 175 cm³/mol. The number of hydrogen-bond acceptors (Lipinski definition) is 8. The molecule has 3 amide bonds. The molecule has 1 aromatic carbocycles. The first kappa shape index (κ1) is 33.5. The monoisotopic (exact) mass is 652 g/mol. The van der Waals surface area contributed by atoms with E-state index in [1.54, 1.807) is 11.0 Å². The Bertz CT molecular complexity index is 1430. The number of benzene rings is 1. The molecule has 2 atom stereocenters. The second-order valence-electron chi connectivity index (χ2n) is 15.1. The highest BCUT2D eigenvalue weighted by molar-refractivity contribution is 6.04. The van der Waals surface area contributed by atoms with E-state index in [9.17, 15) is 18.8 Å². The number of hydrazone groups is 1. The molecule has 2 unspecified atom stereocenters. The van der Waals surface area contributed by atoms with E-state index in [1.807, 2.05) is 31.7 Å². The summed E-state index contributed by atoms with van der Waals surface area (Å²) < 4.78 is 26.8. The molecule has 1 aliphatic carbocycles. The van der Waals surface area contributed by atoms with Crippen LogP contribution in [0.1, 0.15) is 64.0 Å². The zero-order valence-corrected chi connectivity index (χ0v) is 28.1. The van der Waals surface area contributed by atoms with E-state index < -0.39 is 5.60 Å². The van der Waals surface area contributed by atoms with Gasteiger partial charge in [-0.15, -0.1) is 0 Å². The van der Waals surface area contributed by atoms with Crippen LogP contribution < -0.4 is 5.43 Å². The van der Waals surface area contributed by atoms with Gasteiger partial charge in [-0.2, -0.15) is 5.10 Å². The minimum atomic E-state index is -0.510. The number of halogens is 1. The lowest BCUT2D eigenvalue weighted by molar-refractivity contribution is -0.156. The van der Waals surface area contributed by atoms with Crippen LogP contribution >= 0.6 is 0 Å². The second-order valence-corrected chi connectivity index (χ2v) is 15.1. The zero-order valence-electron chi connectivity index (χ0n) is 28.1. The fraction of sp³-hybridized carbons (Fsp3) is 0.657. The van der Waals surface area contributed by atoms with Gasteiger partial charge in [0.15, 0.2) is 0 Å². The number of fused-ring (bicyclic) bond motifs is 2. The van der Waals surface area contributed by atoms with Gasteiger partial charge < -0.3 is 19.3 Å². The van der Waals surface area contributed by atoms with Gasteiger partial charge in [0.1, 0.15) is 11.4 Å². The molecule has 1 N–H and O–H groups in total. The van der Waals surface area contributed by atoms with Crippen molar-refractivity contribution in [3.8, 4) is 0 Å². The Kier molecular flexibility index (Phi) is 9.48. The minimum absolute atomic E-state index is 0.243. The molecule has 1 saturated carbocycles. The summed E-state index contributed by atoms with van der Waals surface area (Å²) in [5.41, 5.74) is 4.09. The maximum Gasteiger partial charge on any atom is 0.410 e. The third kappa shape index (κ3) is 7.70. The van der Waals surface area contributed by atoms with Crippen LogP contribution in [0.5, 0.6) is 0 Å². The molecule has 12 heteroatoms. The van der Waals surface area contributed by atoms with Crippen molar-refractivity contribution < 1.29 is 28.2 Å². The first-order valence-electron chi connectivity index (χ1n) is 17.0. The minimum Gasteiger partial charge on any atom is -0.444 e. The molecule has 0 spiro atoms. The van der Waals surface area contributed by atoms with Gasteiger partial charge in [-0.25, -0.2) is 14.6 Å². The number of rotatable bonds is 7. The van der Waals surface area contributed by atoms with Crippen LogP contribution in [0.3, 0.4) is 0 Å². The smallest absolute Gasteiger partial charge is 0.410 e. The molecule has 256 valence electrons. The van der Waals surface area contributed by atoms with Crippen LogP contribution in [0.25, 0.3) is 0 Å². The summed E-state index contributed by atoms with van der Waals surface area (Å²) in [6.07, 6.45) is 3.87. The van der Waals surface area contributed by atoms with E-state index in [-0.39, 0.29) is 34.7 Å². The number of nitrogens with one attached hydrogen (secondary N) is 1. The molecule has 1 aromatic rings. The van der Waals surface area contributed by atoms with Crippen molar-refractivity contribution in [2.45, 2.75) is 77.0 Å². The van der Waals surface area contributed by atoms with Crippen LogP contribution in [0, 0.1) is 11.2 Å². The third-order valence-electron chi connectivity index (χ3n) is 10.3. The van der Waals surface area contributed by atoms with Gasteiger partial charge in [0.2, 0.25) is 5.91 Å². The lowest BCUT2D eigenvalue weighted by Gasteiger charge is -2.45. The molecule has 0 aromatic heterocycles. The Morgan fingerprint density at radius 1 is 1.02 bits per heavy atom. The molecule has 47 heavy (non-hydrogen) atoms. The first-order chi connectivity index (χ1) is 22.3. The lowest BCUT2D eigenvalue weighted by atomic mass is 9.78. The molecule has 0 radical (unpaired) electrons. The Morgan fingerprint density at radius 2 is 1.72 bits per heavy atom. The molecular formula is C35H49FN6O5. The quantitative estimate of drug-likeness (QED) is 0.451. The normalized spacial score (nSPS) is 27.4. The van der Waals surface area contributed by atoms with E-state index in [4.69, 9.17) is 9.47 Å². The lowest BCUT2D eigenvalue weighted by Crippen LogP contribution is -2.57. The number of carbonyl (C=O) groups excluding carboxylic acids is 3. The average molecular weight is 653 g/mol. The van der Waals surface area contributed by atoms with Crippen LogP contribution in [0.4, 0.5) is 9.18 Å². The number of nitrogens with zero attached hydrogens (tertiary/aromatic N) is 5. The summed E-state index contributed by atoms with van der Waals surface area (Å²) in [5.74, 6) is -0.265. The summed E-state index contributed by atoms with van der Waals surface area (Å²) >= 11 is 0. The molecule has 4 aliphatic heterocycles. The van der Waals surface area contributed by atoms with Crippen molar-refractivity contribution in [3.05, 3.63) is 47.3 Å². The van der Waals surface area contributed by atoms with Gasteiger partial charge in [-0.05, 0) is 58.1 Å². The summed E-state index contributed by atoms with van der Waals surface area (Å²) in [5, 5.41) is 4.14. The Hall–Kier alpha value is -3.35. The number of amides is 3. The highest BCUT2D eigenvalue weighted by atomic mass is 19.1. The Balaban J connectivity index is 0.994. The first-order valence-corrected chi connectivity index (χ1v) is 17.0. The van der Waals surface area contributed by atoms with E-state index in [0.29, 0.717) is 76.4 Å². The van der Waals surface area contributed by atoms with Gasteiger partial charge in [-0.3, -0.25) is 19.4 Å². The second kappa shape index (κ2) is 13.3. The molecule has 4 heterocycles. The SMILES string of the molecule is C=C1CC(Cc2ccc(F)c(CN3CCN(C(=O)C45CCOC(CN6CCN(C(=O)OC(C)(C)C)CC6)(CC4)C5)CC3)c2)=NNC1=O. The molecule has 5 aliphatic rings. The maximum absolute atomic E-state index is 14.9. The summed E-state index contributed by atoms with van der Waals surface area (Å²) in [6, 6.07) is 5.14. The topological polar surface area (TPSA) is 107 Å². The van der Waals surface area contributed by atoms with Crippen molar-refractivity contribution in [2.75, 3.05) is 65.5 Å². The van der Waals surface area contributed by atoms with Crippen molar-refractivity contribution >= 4 is 23.6 Å². The summed E-state index contributed by atoms with van der Waals surface area (Å²) in [4.78, 5) is 46.6. The molecule has 4 fully saturated rings. The number of carbonyl (C=O) groups is 3. The van der Waals surface area contributed by atoms with Crippen molar-refractivity contribution in [1.82, 2.24) is 25.0 Å². The van der Waals surface area contributed by atoms with E-state index in [0.717, 1.165) is 56.6 Å². The molecule has 6 rings (SSSR count). The molecule has 3 saturated heterocycles. The van der Waals surface area contributed by atoms with Crippen LogP contribution in [-0.2, 0) is 32.0 Å². The van der Waals surface area contributed by atoms with Gasteiger partial charge in [0.05, 0.1) is 11.0 Å². The van der Waals surface area contributed by atoms with Crippen molar-refractivity contribution in [3.63, 3.8) is 0 Å². The van der Waals surface area contributed by atoms with Gasteiger partial charge >= 0.3 is 6.09 Å². The standard InChI is InChI=1S/C35H49FN6O5/c1-25-19-28(37-38-30(25)43)21-26-5-6-29(36)27(20-26)22-39-10-14-41(15-11-39)31(44)34-7-8-35(23-34,46-18-9-34)24-40-12-16-42(17-13-40)32(45)47-33(2,3)4/h5-6,20H,1,7-19,21-24H2,2-4H3,(H,38,43). The predicted octanol–water partition coefficient (Wildman–Crippen LogP) is 3.33. The number of hydrogen-bond donors (Lipinski definition) is 1. The highest BCUT2D eigenvalue weighted by Crippen LogP contribution is 2.53. The van der Waals surface area contributed by atoms with Crippen LogP contribution in [0.2, 0.25) is 0 Å². The third-order valence-corrected chi connectivity index (χ3v) is 10.3. The van der Waals surface area contributed by atoms with Gasteiger partial charge in [0.25, 0.3) is 5.91 Å². The van der Waals surface area contributed by atoms with Gasteiger partial charge in [0, 0.05) is 102 Å².